The van der Waals surface area contributed by atoms with Crippen molar-refractivity contribution in [3.05, 3.63) is 21.9 Å². The molecule has 0 saturated heterocycles. The van der Waals surface area contributed by atoms with Gasteiger partial charge >= 0.3 is 0 Å². The van der Waals surface area contributed by atoms with Crippen LogP contribution >= 0.6 is 23.1 Å². The lowest BCUT2D eigenvalue weighted by molar-refractivity contribution is 0.0957. The third kappa shape index (κ3) is 6.47. The largest absolute Gasteiger partial charge is 0.351 e. The second kappa shape index (κ2) is 10.8. The number of carbonyl (C=O) groups excluding carboxylic acids is 1. The van der Waals surface area contributed by atoms with Gasteiger partial charge < -0.3 is 11.1 Å². The molecule has 3 N–H and O–H groups in total. The maximum Gasteiger partial charge on any atom is 0.262 e. The molecule has 0 bridgehead atoms. The summed E-state index contributed by atoms with van der Waals surface area (Å²) in [4.78, 5) is 12.7. The Hall–Kier alpha value is -0.960. The standard InChI is InChI=1S/C15H22N2OS2/c1-19-11-5-3-2-4-10-17-15(18)14-13(7-6-9-16)8-12-20-14/h8,12H,2-5,9-11,16H2,1H3,(H,17,18). The second-order valence-corrected chi connectivity index (χ2v) is 6.23. The van der Waals surface area contributed by atoms with Gasteiger partial charge in [-0.15, -0.1) is 11.3 Å². The molecule has 0 radical (unpaired) electrons. The van der Waals surface area contributed by atoms with E-state index >= 15 is 0 Å². The van der Waals surface area contributed by atoms with Gasteiger partial charge in [0.25, 0.3) is 5.91 Å². The highest BCUT2D eigenvalue weighted by Crippen LogP contribution is 2.15. The van der Waals surface area contributed by atoms with Gasteiger partial charge in [-0.05, 0) is 36.3 Å². The highest BCUT2D eigenvalue weighted by molar-refractivity contribution is 7.98. The van der Waals surface area contributed by atoms with Crippen molar-refractivity contribution in [1.29, 1.82) is 0 Å². The number of hydrogen-bond donors (Lipinski definition) is 2. The fourth-order valence-electron chi connectivity index (χ4n) is 1.74. The fourth-order valence-corrected chi connectivity index (χ4v) is 3.00. The lowest BCUT2D eigenvalue weighted by atomic mass is 10.2. The molecule has 1 amide bonds. The van der Waals surface area contributed by atoms with Crippen LogP contribution in [-0.2, 0) is 0 Å². The molecular weight excluding hydrogens is 288 g/mol. The van der Waals surface area contributed by atoms with E-state index in [1.165, 1.54) is 36.4 Å². The van der Waals surface area contributed by atoms with Crippen molar-refractivity contribution in [3.63, 3.8) is 0 Å². The maximum absolute atomic E-state index is 12.0. The summed E-state index contributed by atoms with van der Waals surface area (Å²) in [5.74, 6) is 6.92. The minimum atomic E-state index is -0.0227. The Labute approximate surface area is 129 Å². The van der Waals surface area contributed by atoms with Crippen molar-refractivity contribution in [2.24, 2.45) is 5.73 Å². The van der Waals surface area contributed by atoms with E-state index in [0.717, 1.165) is 18.5 Å². The van der Waals surface area contributed by atoms with Crippen LogP contribution in [0.5, 0.6) is 0 Å². The summed E-state index contributed by atoms with van der Waals surface area (Å²) in [5.41, 5.74) is 6.12. The quantitative estimate of drug-likeness (QED) is 0.573. The first-order valence-electron chi connectivity index (χ1n) is 6.83. The van der Waals surface area contributed by atoms with Crippen LogP contribution in [0.4, 0.5) is 0 Å². The molecule has 0 saturated carbocycles. The lowest BCUT2D eigenvalue weighted by Gasteiger charge is -2.04. The van der Waals surface area contributed by atoms with Crippen molar-refractivity contribution >= 4 is 29.0 Å². The molecule has 0 aliphatic heterocycles. The van der Waals surface area contributed by atoms with Crippen LogP contribution in [0.1, 0.15) is 40.9 Å². The predicted molar refractivity (Wildman–Crippen MR) is 89.4 cm³/mol. The van der Waals surface area contributed by atoms with Crippen molar-refractivity contribution in [3.8, 4) is 11.8 Å². The Morgan fingerprint density at radius 2 is 2.20 bits per heavy atom. The first-order valence-corrected chi connectivity index (χ1v) is 9.10. The normalized spacial score (nSPS) is 9.90. The molecule has 0 fully saturated rings. The highest BCUT2D eigenvalue weighted by atomic mass is 32.2. The van der Waals surface area contributed by atoms with Crippen molar-refractivity contribution in [1.82, 2.24) is 5.32 Å². The molecule has 110 valence electrons. The zero-order valence-corrected chi connectivity index (χ0v) is 13.5. The van der Waals surface area contributed by atoms with E-state index < -0.39 is 0 Å². The van der Waals surface area contributed by atoms with E-state index in [0.29, 0.717) is 11.4 Å². The van der Waals surface area contributed by atoms with Gasteiger partial charge in [-0.2, -0.15) is 11.8 Å². The summed E-state index contributed by atoms with van der Waals surface area (Å²) in [6, 6.07) is 1.87. The van der Waals surface area contributed by atoms with Crippen molar-refractivity contribution in [2.75, 3.05) is 25.1 Å². The fraction of sp³-hybridized carbons (Fsp3) is 0.533. The van der Waals surface area contributed by atoms with Crippen LogP contribution in [0, 0.1) is 11.8 Å². The minimum Gasteiger partial charge on any atom is -0.351 e. The first-order chi connectivity index (χ1) is 9.79. The lowest BCUT2D eigenvalue weighted by Crippen LogP contribution is -2.24. The second-order valence-electron chi connectivity index (χ2n) is 4.33. The summed E-state index contributed by atoms with van der Waals surface area (Å²) in [7, 11) is 0. The van der Waals surface area contributed by atoms with Gasteiger partial charge in [0.1, 0.15) is 4.88 Å². The first kappa shape index (κ1) is 17.1. The van der Waals surface area contributed by atoms with E-state index in [4.69, 9.17) is 5.73 Å². The van der Waals surface area contributed by atoms with Crippen molar-refractivity contribution < 1.29 is 4.79 Å². The minimum absolute atomic E-state index is 0.0227. The van der Waals surface area contributed by atoms with Gasteiger partial charge in [-0.25, -0.2) is 0 Å². The van der Waals surface area contributed by atoms with Crippen molar-refractivity contribution in [2.45, 2.75) is 25.7 Å². The topological polar surface area (TPSA) is 55.1 Å². The predicted octanol–water partition coefficient (Wildman–Crippen LogP) is 2.71. The molecule has 3 nitrogen and oxygen atoms in total. The van der Waals surface area contributed by atoms with E-state index in [9.17, 15) is 4.79 Å². The van der Waals surface area contributed by atoms with E-state index in [1.54, 1.807) is 0 Å². The molecular formula is C15H22N2OS2. The zero-order chi connectivity index (χ0) is 14.6. The summed E-state index contributed by atoms with van der Waals surface area (Å²) in [5, 5.41) is 4.85. The number of carbonyl (C=O) groups is 1. The molecule has 0 aromatic carbocycles. The average molecular weight is 310 g/mol. The zero-order valence-electron chi connectivity index (χ0n) is 11.9. The number of rotatable bonds is 8. The molecule has 0 spiro atoms. The SMILES string of the molecule is CSCCCCCCNC(=O)c1sccc1C#CCN. The Balaban J connectivity index is 2.27. The van der Waals surface area contributed by atoms with Gasteiger partial charge in [0.15, 0.2) is 0 Å². The van der Waals surface area contributed by atoms with E-state index in [1.807, 2.05) is 23.2 Å². The monoisotopic (exact) mass is 310 g/mol. The van der Waals surface area contributed by atoms with E-state index in [2.05, 4.69) is 23.4 Å². The van der Waals surface area contributed by atoms with Gasteiger partial charge in [0.05, 0.1) is 6.54 Å². The van der Waals surface area contributed by atoms with Gasteiger partial charge in [-0.1, -0.05) is 24.7 Å². The summed E-state index contributed by atoms with van der Waals surface area (Å²) < 4.78 is 0. The van der Waals surface area contributed by atoms with Crippen LogP contribution in [0.2, 0.25) is 0 Å². The van der Waals surface area contributed by atoms with Crippen LogP contribution in [-0.4, -0.2) is 31.0 Å². The number of unbranched alkanes of at least 4 members (excludes halogenated alkanes) is 3. The number of nitrogens with two attached hydrogens (primary N) is 1. The van der Waals surface area contributed by atoms with Crippen LogP contribution in [0.25, 0.3) is 0 Å². The molecule has 0 aliphatic carbocycles. The third-order valence-electron chi connectivity index (χ3n) is 2.76. The van der Waals surface area contributed by atoms with Gasteiger partial charge in [-0.3, -0.25) is 4.79 Å². The number of hydrogen-bond acceptors (Lipinski definition) is 4. The summed E-state index contributed by atoms with van der Waals surface area (Å²) >= 11 is 3.31. The molecule has 1 aromatic heterocycles. The molecule has 1 rings (SSSR count). The van der Waals surface area contributed by atoms with E-state index in [-0.39, 0.29) is 5.91 Å². The molecule has 1 heterocycles. The molecule has 0 unspecified atom stereocenters. The molecule has 1 aromatic rings. The number of amides is 1. The number of thioether (sulfide) groups is 1. The maximum atomic E-state index is 12.0. The Bertz CT molecular complexity index is 460. The highest BCUT2D eigenvalue weighted by Gasteiger charge is 2.10. The summed E-state index contributed by atoms with van der Waals surface area (Å²) in [6.45, 7) is 1.05. The Kier molecular flexibility index (Phi) is 9.22. The molecule has 0 aliphatic rings. The van der Waals surface area contributed by atoms with Crippen LogP contribution in [0.15, 0.2) is 11.4 Å². The number of thiophene rings is 1. The molecule has 20 heavy (non-hydrogen) atoms. The Morgan fingerprint density at radius 1 is 1.40 bits per heavy atom. The summed E-state index contributed by atoms with van der Waals surface area (Å²) in [6.07, 6.45) is 6.84. The van der Waals surface area contributed by atoms with Gasteiger partial charge in [0, 0.05) is 12.1 Å². The molecule has 5 heteroatoms. The third-order valence-corrected chi connectivity index (χ3v) is 4.37. The van der Waals surface area contributed by atoms with Gasteiger partial charge in [0.2, 0.25) is 0 Å². The van der Waals surface area contributed by atoms with Crippen LogP contribution in [0.3, 0.4) is 0 Å². The number of nitrogens with one attached hydrogen (secondary N) is 1. The van der Waals surface area contributed by atoms with Crippen LogP contribution < -0.4 is 11.1 Å². The smallest absolute Gasteiger partial charge is 0.262 e. The Morgan fingerprint density at radius 3 is 2.95 bits per heavy atom. The average Bonchev–Trinajstić information content (AvgIpc) is 2.92. The molecule has 0 atom stereocenters.